The molecule has 2 aromatic rings. The number of anilines is 1. The number of aromatic nitrogens is 1. The van der Waals surface area contributed by atoms with E-state index in [1.165, 1.54) is 11.8 Å². The zero-order valence-electron chi connectivity index (χ0n) is 14.1. The fraction of sp³-hybridized carbons (Fsp3) is 0.353. The molecule has 0 aliphatic carbocycles. The number of para-hydroxylation sites is 1. The summed E-state index contributed by atoms with van der Waals surface area (Å²) < 4.78 is 10.3. The van der Waals surface area contributed by atoms with Crippen molar-refractivity contribution in [3.8, 4) is 0 Å². The van der Waals surface area contributed by atoms with Crippen LogP contribution in [0.3, 0.4) is 0 Å². The van der Waals surface area contributed by atoms with E-state index in [1.54, 1.807) is 13.0 Å². The zero-order chi connectivity index (χ0) is 17.7. The summed E-state index contributed by atoms with van der Waals surface area (Å²) in [4.78, 5) is 25.2. The molecule has 0 unspecified atom stereocenters. The molecule has 6 nitrogen and oxygen atoms in total. The smallest absolute Gasteiger partial charge is 0.344 e. The normalized spacial score (nSPS) is 10.7. The first-order valence-electron chi connectivity index (χ1n) is 7.50. The van der Waals surface area contributed by atoms with Gasteiger partial charge in [-0.2, -0.15) is 0 Å². The second kappa shape index (κ2) is 8.01. The van der Waals surface area contributed by atoms with Crippen molar-refractivity contribution in [2.24, 2.45) is 0 Å². The lowest BCUT2D eigenvalue weighted by atomic mass is 10.1. The molecular weight excluding hydrogens is 328 g/mol. The Hall–Kier alpha value is -2.28. The Morgan fingerprint density at radius 2 is 2.04 bits per heavy atom. The van der Waals surface area contributed by atoms with Crippen molar-refractivity contribution in [3.05, 3.63) is 41.3 Å². The Morgan fingerprint density at radius 1 is 1.33 bits per heavy atom. The number of hydrogen-bond acceptors (Lipinski definition) is 6. The summed E-state index contributed by atoms with van der Waals surface area (Å²) in [6.07, 6.45) is 1.92. The quantitative estimate of drug-likeness (QED) is 0.634. The van der Waals surface area contributed by atoms with E-state index in [2.05, 4.69) is 10.5 Å². The standard InChI is InChI=1S/C17H20N2O4S/c1-10(2)16-15(11(3)19-23-16)17(21)22-9-14(20)18-12-7-5-6-8-13(12)24-4/h5-8,10H,9H2,1-4H3,(H,18,20). The van der Waals surface area contributed by atoms with Crippen LogP contribution < -0.4 is 5.32 Å². The fourth-order valence-corrected chi connectivity index (χ4v) is 2.72. The van der Waals surface area contributed by atoms with Crippen LogP contribution in [0.1, 0.15) is 41.6 Å². The molecule has 7 heteroatoms. The number of carbonyl (C=O) groups is 2. The van der Waals surface area contributed by atoms with Crippen molar-refractivity contribution in [2.75, 3.05) is 18.2 Å². The van der Waals surface area contributed by atoms with Gasteiger partial charge in [-0.1, -0.05) is 31.1 Å². The summed E-state index contributed by atoms with van der Waals surface area (Å²) >= 11 is 1.52. The summed E-state index contributed by atoms with van der Waals surface area (Å²) in [5.41, 5.74) is 1.44. The Bertz CT molecular complexity index is 740. The highest BCUT2D eigenvalue weighted by Crippen LogP contribution is 2.25. The Labute approximate surface area is 144 Å². The number of nitrogens with zero attached hydrogens (tertiary/aromatic N) is 1. The maximum Gasteiger partial charge on any atom is 0.344 e. The minimum absolute atomic E-state index is 0.00367. The second-order valence-electron chi connectivity index (χ2n) is 5.49. The van der Waals surface area contributed by atoms with Crippen molar-refractivity contribution in [1.82, 2.24) is 5.16 Å². The molecule has 24 heavy (non-hydrogen) atoms. The molecule has 0 saturated heterocycles. The van der Waals surface area contributed by atoms with Gasteiger partial charge in [-0.25, -0.2) is 4.79 Å². The summed E-state index contributed by atoms with van der Waals surface area (Å²) in [6.45, 7) is 5.08. The highest BCUT2D eigenvalue weighted by Gasteiger charge is 2.24. The van der Waals surface area contributed by atoms with Gasteiger partial charge < -0.3 is 14.6 Å². The predicted octanol–water partition coefficient (Wildman–Crippen LogP) is 3.62. The van der Waals surface area contributed by atoms with Gasteiger partial charge in [-0.05, 0) is 25.3 Å². The fourth-order valence-electron chi connectivity index (χ4n) is 2.17. The zero-order valence-corrected chi connectivity index (χ0v) is 14.9. The number of rotatable bonds is 6. The number of benzene rings is 1. The minimum atomic E-state index is -0.606. The van der Waals surface area contributed by atoms with Crippen molar-refractivity contribution in [2.45, 2.75) is 31.6 Å². The monoisotopic (exact) mass is 348 g/mol. The van der Waals surface area contributed by atoms with Crippen LogP contribution in [0.2, 0.25) is 0 Å². The molecule has 1 aromatic carbocycles. The number of ether oxygens (including phenoxy) is 1. The molecule has 0 aliphatic rings. The van der Waals surface area contributed by atoms with E-state index in [0.717, 1.165) is 4.90 Å². The third kappa shape index (κ3) is 4.17. The van der Waals surface area contributed by atoms with E-state index < -0.39 is 11.9 Å². The van der Waals surface area contributed by atoms with Crippen LogP contribution >= 0.6 is 11.8 Å². The van der Waals surface area contributed by atoms with Gasteiger partial charge in [0.25, 0.3) is 5.91 Å². The van der Waals surface area contributed by atoms with Gasteiger partial charge in [-0.15, -0.1) is 11.8 Å². The molecule has 0 atom stereocenters. The summed E-state index contributed by atoms with van der Waals surface area (Å²) in [5, 5.41) is 6.54. The summed E-state index contributed by atoms with van der Waals surface area (Å²) in [5.74, 6) is -0.544. The number of thioether (sulfide) groups is 1. The van der Waals surface area contributed by atoms with Gasteiger partial charge in [-0.3, -0.25) is 4.79 Å². The lowest BCUT2D eigenvalue weighted by Crippen LogP contribution is -2.21. The van der Waals surface area contributed by atoms with E-state index in [0.29, 0.717) is 22.7 Å². The molecule has 0 saturated carbocycles. The number of aryl methyl sites for hydroxylation is 1. The van der Waals surface area contributed by atoms with Crippen molar-refractivity contribution < 1.29 is 18.8 Å². The first kappa shape index (κ1) is 18.1. The van der Waals surface area contributed by atoms with Crippen LogP contribution in [0.4, 0.5) is 5.69 Å². The molecular formula is C17H20N2O4S. The van der Waals surface area contributed by atoms with E-state index >= 15 is 0 Å². The van der Waals surface area contributed by atoms with Crippen molar-refractivity contribution >= 4 is 29.3 Å². The molecule has 2 rings (SSSR count). The third-order valence-electron chi connectivity index (χ3n) is 3.33. The number of amides is 1. The topological polar surface area (TPSA) is 81.4 Å². The largest absolute Gasteiger partial charge is 0.452 e. The van der Waals surface area contributed by atoms with E-state index in [1.807, 2.05) is 38.3 Å². The van der Waals surface area contributed by atoms with Crippen molar-refractivity contribution in [1.29, 1.82) is 0 Å². The van der Waals surface area contributed by atoms with Gasteiger partial charge in [0.2, 0.25) is 0 Å². The number of carbonyl (C=O) groups excluding carboxylic acids is 2. The van der Waals surface area contributed by atoms with Gasteiger partial charge in [0, 0.05) is 10.8 Å². The SMILES string of the molecule is CSc1ccccc1NC(=O)COC(=O)c1c(C)noc1C(C)C. The van der Waals surface area contributed by atoms with Crippen LogP contribution in [0.5, 0.6) is 0 Å². The van der Waals surface area contributed by atoms with Gasteiger partial charge in [0.15, 0.2) is 12.4 Å². The molecule has 0 radical (unpaired) electrons. The number of nitrogens with one attached hydrogen (secondary N) is 1. The summed E-state index contributed by atoms with van der Waals surface area (Å²) in [6, 6.07) is 7.43. The minimum Gasteiger partial charge on any atom is -0.452 e. The highest BCUT2D eigenvalue weighted by molar-refractivity contribution is 7.98. The Balaban J connectivity index is 1.99. The number of esters is 1. The molecule has 1 N–H and O–H groups in total. The molecule has 1 heterocycles. The molecule has 0 aliphatic heterocycles. The van der Waals surface area contributed by atoms with Gasteiger partial charge in [0.05, 0.1) is 11.4 Å². The van der Waals surface area contributed by atoms with Gasteiger partial charge >= 0.3 is 5.97 Å². The molecule has 0 bridgehead atoms. The average molecular weight is 348 g/mol. The average Bonchev–Trinajstić information content (AvgIpc) is 2.95. The van der Waals surface area contributed by atoms with Crippen molar-refractivity contribution in [3.63, 3.8) is 0 Å². The van der Waals surface area contributed by atoms with Crippen LogP contribution in [-0.4, -0.2) is 29.9 Å². The number of hydrogen-bond donors (Lipinski definition) is 1. The molecule has 128 valence electrons. The Morgan fingerprint density at radius 3 is 2.71 bits per heavy atom. The Kier molecular flexibility index (Phi) is 6.03. The van der Waals surface area contributed by atoms with E-state index in [-0.39, 0.29) is 12.5 Å². The maximum absolute atomic E-state index is 12.2. The van der Waals surface area contributed by atoms with E-state index in [9.17, 15) is 9.59 Å². The molecule has 0 spiro atoms. The van der Waals surface area contributed by atoms with Crippen LogP contribution in [0.15, 0.2) is 33.7 Å². The highest BCUT2D eigenvalue weighted by atomic mass is 32.2. The molecule has 0 fully saturated rings. The van der Waals surface area contributed by atoms with Crippen LogP contribution in [0.25, 0.3) is 0 Å². The lowest BCUT2D eigenvalue weighted by molar-refractivity contribution is -0.119. The molecule has 1 aromatic heterocycles. The first-order chi connectivity index (χ1) is 11.4. The molecule has 1 amide bonds. The van der Waals surface area contributed by atoms with Crippen LogP contribution in [0, 0.1) is 6.92 Å². The maximum atomic E-state index is 12.2. The summed E-state index contributed by atoms with van der Waals surface area (Å²) in [7, 11) is 0. The van der Waals surface area contributed by atoms with Crippen LogP contribution in [-0.2, 0) is 9.53 Å². The predicted molar refractivity (Wildman–Crippen MR) is 92.5 cm³/mol. The first-order valence-corrected chi connectivity index (χ1v) is 8.72. The van der Waals surface area contributed by atoms with E-state index in [4.69, 9.17) is 9.26 Å². The lowest BCUT2D eigenvalue weighted by Gasteiger charge is -2.10. The third-order valence-corrected chi connectivity index (χ3v) is 4.13. The second-order valence-corrected chi connectivity index (χ2v) is 6.33. The van der Waals surface area contributed by atoms with Gasteiger partial charge in [0.1, 0.15) is 5.56 Å².